The third kappa shape index (κ3) is 4.48. The molecule has 0 aliphatic heterocycles. The van der Waals surface area contributed by atoms with Gasteiger partial charge in [-0.05, 0) is 99.0 Å². The Hall–Kier alpha value is -1.45. The molecule has 0 unspecified atom stereocenters. The van der Waals surface area contributed by atoms with Crippen molar-refractivity contribution in [2.45, 2.75) is 97.2 Å². The normalized spacial score (nSPS) is 40.1. The van der Waals surface area contributed by atoms with Crippen LogP contribution in [0.3, 0.4) is 0 Å². The van der Waals surface area contributed by atoms with Crippen LogP contribution in [-0.4, -0.2) is 28.2 Å². The van der Waals surface area contributed by atoms with Gasteiger partial charge in [0.15, 0.2) is 0 Å². The monoisotopic (exact) mass is 438 g/mol. The number of allylic oxidation sites excluding steroid dienone is 5. The third-order valence-electron chi connectivity index (χ3n) is 9.49. The van der Waals surface area contributed by atoms with E-state index in [1.807, 2.05) is 0 Å². The van der Waals surface area contributed by atoms with Crippen LogP contribution in [0.1, 0.15) is 85.0 Å². The summed E-state index contributed by atoms with van der Waals surface area (Å²) in [5, 5.41) is 20.2. The molecule has 3 heteroatoms. The molecule has 0 amide bonds. The molecule has 6 atom stereocenters. The SMILES string of the molecule is C=C1/C(=C\C=C2/CCC[C@]3(C)[C@@H]([C@H](C)/C=C/CC4(C(C)=O)CC4)CC[C@@H]23)C[C@@H](O)C[C@@H]1O. The Kier molecular flexibility index (Phi) is 6.71. The Morgan fingerprint density at radius 1 is 1.22 bits per heavy atom. The van der Waals surface area contributed by atoms with E-state index < -0.39 is 12.2 Å². The number of rotatable bonds is 6. The first-order valence-electron chi connectivity index (χ1n) is 12.8. The van der Waals surface area contributed by atoms with E-state index in [9.17, 15) is 15.0 Å². The molecule has 4 aliphatic carbocycles. The molecule has 0 heterocycles. The van der Waals surface area contributed by atoms with Crippen molar-refractivity contribution < 1.29 is 15.0 Å². The number of hydrogen-bond donors (Lipinski definition) is 2. The Morgan fingerprint density at radius 2 is 1.97 bits per heavy atom. The number of hydrogen-bond acceptors (Lipinski definition) is 3. The first-order valence-corrected chi connectivity index (χ1v) is 12.8. The lowest BCUT2D eigenvalue weighted by atomic mass is 9.61. The van der Waals surface area contributed by atoms with Crippen molar-refractivity contribution in [2.24, 2.45) is 28.6 Å². The van der Waals surface area contributed by atoms with Gasteiger partial charge in [0.05, 0.1) is 12.2 Å². The molecular formula is C29H42O3. The fraction of sp³-hybridized carbons (Fsp3) is 0.690. The minimum Gasteiger partial charge on any atom is -0.393 e. The third-order valence-corrected chi connectivity index (χ3v) is 9.49. The van der Waals surface area contributed by atoms with Gasteiger partial charge in [-0.15, -0.1) is 0 Å². The van der Waals surface area contributed by atoms with Crippen LogP contribution in [0, 0.1) is 28.6 Å². The first-order chi connectivity index (χ1) is 15.2. The first kappa shape index (κ1) is 23.7. The molecule has 4 saturated carbocycles. The number of aliphatic hydroxyl groups excluding tert-OH is 2. The summed E-state index contributed by atoms with van der Waals surface area (Å²) in [6, 6.07) is 0. The molecule has 0 saturated heterocycles. The molecule has 0 radical (unpaired) electrons. The highest BCUT2D eigenvalue weighted by Crippen LogP contribution is 2.59. The average Bonchev–Trinajstić information content (AvgIpc) is 3.44. The van der Waals surface area contributed by atoms with Crippen molar-refractivity contribution in [3.05, 3.63) is 47.6 Å². The molecule has 0 bridgehead atoms. The number of fused-ring (bicyclic) bond motifs is 1. The van der Waals surface area contributed by atoms with E-state index in [-0.39, 0.29) is 5.41 Å². The van der Waals surface area contributed by atoms with Crippen molar-refractivity contribution in [2.75, 3.05) is 0 Å². The number of carbonyl (C=O) groups excluding carboxylic acids is 1. The number of aliphatic hydroxyl groups is 2. The number of Topliss-reactive ketones (excluding diaryl/α,β-unsaturated/α-hetero) is 1. The fourth-order valence-corrected chi connectivity index (χ4v) is 7.10. The minimum absolute atomic E-state index is 0.0309. The van der Waals surface area contributed by atoms with Crippen LogP contribution in [0.4, 0.5) is 0 Å². The average molecular weight is 439 g/mol. The van der Waals surface area contributed by atoms with E-state index in [1.165, 1.54) is 25.7 Å². The Bertz CT molecular complexity index is 842. The van der Waals surface area contributed by atoms with Gasteiger partial charge >= 0.3 is 0 Å². The van der Waals surface area contributed by atoms with Crippen LogP contribution in [-0.2, 0) is 4.79 Å². The summed E-state index contributed by atoms with van der Waals surface area (Å²) in [4.78, 5) is 11.9. The van der Waals surface area contributed by atoms with Crippen molar-refractivity contribution >= 4 is 5.78 Å². The maximum atomic E-state index is 11.9. The van der Waals surface area contributed by atoms with Gasteiger partial charge < -0.3 is 10.2 Å². The van der Waals surface area contributed by atoms with Crippen molar-refractivity contribution in [1.82, 2.24) is 0 Å². The summed E-state index contributed by atoms with van der Waals surface area (Å²) in [5.41, 5.74) is 3.61. The van der Waals surface area contributed by atoms with Gasteiger partial charge in [-0.3, -0.25) is 4.79 Å². The van der Waals surface area contributed by atoms with Crippen molar-refractivity contribution in [3.8, 4) is 0 Å². The molecule has 0 aromatic heterocycles. The maximum Gasteiger partial charge on any atom is 0.136 e. The van der Waals surface area contributed by atoms with E-state index in [0.717, 1.165) is 36.8 Å². The predicted octanol–water partition coefficient (Wildman–Crippen LogP) is 6.08. The molecule has 0 spiro atoms. The van der Waals surface area contributed by atoms with Gasteiger partial charge in [0.25, 0.3) is 0 Å². The summed E-state index contributed by atoms with van der Waals surface area (Å²) in [6.07, 6.45) is 18.2. The summed E-state index contributed by atoms with van der Waals surface area (Å²) in [7, 11) is 0. The standard InChI is InChI=1S/C29H42O3/c1-19(7-5-14-29(15-16-29)21(3)30)25-11-12-26-22(8-6-13-28(25,26)4)9-10-23-17-24(31)18-27(32)20(23)2/h5,7,9-10,19,24-27,31-32H,2,6,8,11-18H2,1,3-4H3/b7-5+,22-9+,23-10-/t19-,24-,25-,26+,27+,28-/m1/s1. The fourth-order valence-electron chi connectivity index (χ4n) is 7.10. The largest absolute Gasteiger partial charge is 0.393 e. The molecule has 32 heavy (non-hydrogen) atoms. The minimum atomic E-state index is -0.624. The van der Waals surface area contributed by atoms with E-state index in [4.69, 9.17) is 0 Å². The van der Waals surface area contributed by atoms with Gasteiger partial charge in [-0.1, -0.05) is 50.3 Å². The van der Waals surface area contributed by atoms with Crippen LogP contribution in [0.2, 0.25) is 0 Å². The topological polar surface area (TPSA) is 57.5 Å². The second kappa shape index (κ2) is 9.06. The van der Waals surface area contributed by atoms with Crippen LogP contribution in [0.5, 0.6) is 0 Å². The van der Waals surface area contributed by atoms with E-state index in [0.29, 0.717) is 41.8 Å². The molecule has 0 aromatic rings. The lowest BCUT2D eigenvalue weighted by molar-refractivity contribution is -0.121. The van der Waals surface area contributed by atoms with Gasteiger partial charge in [-0.2, -0.15) is 0 Å². The molecular weight excluding hydrogens is 396 g/mol. The van der Waals surface area contributed by atoms with Crippen LogP contribution in [0.25, 0.3) is 0 Å². The lowest BCUT2D eigenvalue weighted by Crippen LogP contribution is -2.35. The highest BCUT2D eigenvalue weighted by atomic mass is 16.3. The number of ketones is 1. The van der Waals surface area contributed by atoms with Crippen LogP contribution < -0.4 is 0 Å². The number of carbonyl (C=O) groups is 1. The van der Waals surface area contributed by atoms with Crippen LogP contribution >= 0.6 is 0 Å². The highest BCUT2D eigenvalue weighted by Gasteiger charge is 2.50. The maximum absolute atomic E-state index is 11.9. The Labute approximate surface area is 194 Å². The van der Waals surface area contributed by atoms with E-state index in [1.54, 1.807) is 12.5 Å². The quantitative estimate of drug-likeness (QED) is 0.494. The van der Waals surface area contributed by atoms with E-state index >= 15 is 0 Å². The molecule has 176 valence electrons. The van der Waals surface area contributed by atoms with Gasteiger partial charge in [0.2, 0.25) is 0 Å². The second-order valence-electron chi connectivity index (χ2n) is 11.5. The predicted molar refractivity (Wildman–Crippen MR) is 130 cm³/mol. The smallest absolute Gasteiger partial charge is 0.136 e. The molecule has 4 rings (SSSR count). The zero-order valence-corrected chi connectivity index (χ0v) is 20.3. The molecule has 0 aromatic carbocycles. The van der Waals surface area contributed by atoms with Gasteiger partial charge in [-0.25, -0.2) is 0 Å². The highest BCUT2D eigenvalue weighted by molar-refractivity contribution is 5.85. The molecule has 3 nitrogen and oxygen atoms in total. The zero-order chi connectivity index (χ0) is 23.1. The molecule has 2 N–H and O–H groups in total. The van der Waals surface area contributed by atoms with Gasteiger partial charge in [0, 0.05) is 11.8 Å². The van der Waals surface area contributed by atoms with Gasteiger partial charge in [0.1, 0.15) is 5.78 Å². The Balaban J connectivity index is 1.46. The van der Waals surface area contributed by atoms with Crippen molar-refractivity contribution in [1.29, 1.82) is 0 Å². The van der Waals surface area contributed by atoms with Crippen LogP contribution in [0.15, 0.2) is 47.6 Å². The lowest BCUT2D eigenvalue weighted by Gasteiger charge is -2.44. The second-order valence-corrected chi connectivity index (χ2v) is 11.5. The summed E-state index contributed by atoms with van der Waals surface area (Å²) in [5.74, 6) is 2.20. The Morgan fingerprint density at radius 3 is 2.66 bits per heavy atom. The molecule has 4 aliphatic rings. The molecule has 4 fully saturated rings. The van der Waals surface area contributed by atoms with Crippen molar-refractivity contribution in [3.63, 3.8) is 0 Å². The van der Waals surface area contributed by atoms with E-state index in [2.05, 4.69) is 44.7 Å². The summed E-state index contributed by atoms with van der Waals surface area (Å²) in [6.45, 7) is 10.7. The summed E-state index contributed by atoms with van der Waals surface area (Å²) < 4.78 is 0. The zero-order valence-electron chi connectivity index (χ0n) is 20.3. The summed E-state index contributed by atoms with van der Waals surface area (Å²) >= 11 is 0.